The summed E-state index contributed by atoms with van der Waals surface area (Å²) >= 11 is 1.28. The summed E-state index contributed by atoms with van der Waals surface area (Å²) in [5.74, 6) is 1.31. The maximum Gasteiger partial charge on any atom is 0.162 e. The number of benzene rings is 1. The molecule has 6 heteroatoms. The third-order valence-electron chi connectivity index (χ3n) is 3.46. The Morgan fingerprint density at radius 2 is 2.05 bits per heavy atom. The van der Waals surface area contributed by atoms with E-state index in [1.807, 2.05) is 23.1 Å². The van der Waals surface area contributed by atoms with Crippen LogP contribution in [0.15, 0.2) is 12.1 Å². The van der Waals surface area contributed by atoms with E-state index in [0.29, 0.717) is 23.2 Å². The predicted molar refractivity (Wildman–Crippen MR) is 78.1 cm³/mol. The van der Waals surface area contributed by atoms with Crippen LogP contribution in [0.3, 0.4) is 0 Å². The molecule has 102 valence electrons. The topological polar surface area (TPSA) is 69.3 Å². The maximum absolute atomic E-state index is 9.29. The Kier molecular flexibility index (Phi) is 3.07. The van der Waals surface area contributed by atoms with Gasteiger partial charge in [0.15, 0.2) is 16.7 Å². The van der Waals surface area contributed by atoms with Crippen molar-refractivity contribution in [2.24, 2.45) is 0 Å². The van der Waals surface area contributed by atoms with Gasteiger partial charge in [-0.1, -0.05) is 17.8 Å². The molecule has 0 aromatic heterocycles. The Balaban J connectivity index is 2.34. The lowest BCUT2D eigenvalue weighted by atomic mass is 10.1. The quantitative estimate of drug-likeness (QED) is 0.857. The summed E-state index contributed by atoms with van der Waals surface area (Å²) in [6, 6.07) is 6.06. The summed E-state index contributed by atoms with van der Waals surface area (Å²) < 4.78 is 10.6. The van der Waals surface area contributed by atoms with Crippen molar-refractivity contribution in [2.75, 3.05) is 20.8 Å². The molecule has 0 radical (unpaired) electrons. The first kappa shape index (κ1) is 12.9. The first-order valence-corrected chi connectivity index (χ1v) is 6.96. The third kappa shape index (κ3) is 1.74. The Bertz CT molecular complexity index is 751. The zero-order valence-electron chi connectivity index (χ0n) is 11.1. The second-order valence-corrected chi connectivity index (χ2v) is 5.52. The van der Waals surface area contributed by atoms with E-state index in [1.54, 1.807) is 14.2 Å². The predicted octanol–water partition coefficient (Wildman–Crippen LogP) is 0.482. The monoisotopic (exact) mass is 287 g/mol. The Labute approximate surface area is 120 Å². The fourth-order valence-electron chi connectivity index (χ4n) is 2.51. The minimum atomic E-state index is -0.340. The summed E-state index contributed by atoms with van der Waals surface area (Å²) in [6.45, 7) is 0.613. The number of methoxy groups -OCH3 is 2. The summed E-state index contributed by atoms with van der Waals surface area (Å²) in [7, 11) is 3.19. The van der Waals surface area contributed by atoms with Crippen LogP contribution in [0.25, 0.3) is 11.8 Å². The van der Waals surface area contributed by atoms with Crippen LogP contribution < -0.4 is 19.9 Å². The van der Waals surface area contributed by atoms with Gasteiger partial charge in [0.1, 0.15) is 5.25 Å². The van der Waals surface area contributed by atoms with E-state index in [1.165, 1.54) is 11.8 Å². The van der Waals surface area contributed by atoms with E-state index in [-0.39, 0.29) is 5.25 Å². The van der Waals surface area contributed by atoms with Crippen LogP contribution in [0.2, 0.25) is 0 Å². The number of hydrogen-bond donors (Lipinski definition) is 1. The highest BCUT2D eigenvalue weighted by Gasteiger charge is 2.35. The van der Waals surface area contributed by atoms with Gasteiger partial charge in [-0.25, -0.2) is 0 Å². The van der Waals surface area contributed by atoms with Crippen molar-refractivity contribution >= 4 is 28.7 Å². The van der Waals surface area contributed by atoms with Gasteiger partial charge in [-0.15, -0.1) is 0 Å². The van der Waals surface area contributed by atoms with Crippen LogP contribution in [0.4, 0.5) is 0 Å². The van der Waals surface area contributed by atoms with Gasteiger partial charge in [-0.2, -0.15) is 5.26 Å². The van der Waals surface area contributed by atoms with E-state index < -0.39 is 0 Å². The fraction of sp³-hybridized carbons (Fsp3) is 0.286. The number of nitriles is 1. The lowest BCUT2D eigenvalue weighted by molar-refractivity contribution is 0.354. The molecule has 1 fully saturated rings. The number of nitrogens with zero attached hydrogens (tertiary/aromatic N) is 2. The highest BCUT2D eigenvalue weighted by molar-refractivity contribution is 8.15. The number of amidine groups is 1. The molecular weight excluding hydrogens is 274 g/mol. The van der Waals surface area contributed by atoms with Gasteiger partial charge in [0.2, 0.25) is 0 Å². The van der Waals surface area contributed by atoms with Gasteiger partial charge in [-0.05, 0) is 17.4 Å². The third-order valence-corrected chi connectivity index (χ3v) is 4.46. The smallest absolute Gasteiger partial charge is 0.162 e. The zero-order chi connectivity index (χ0) is 14.3. The maximum atomic E-state index is 9.29. The molecule has 2 heterocycles. The first-order valence-electron chi connectivity index (χ1n) is 6.08. The van der Waals surface area contributed by atoms with Crippen LogP contribution in [-0.4, -0.2) is 36.1 Å². The van der Waals surface area contributed by atoms with Crippen LogP contribution in [0.1, 0.15) is 0 Å². The van der Waals surface area contributed by atoms with E-state index in [2.05, 4.69) is 6.07 Å². The standard InChI is InChI=1S/C14H13N3O2S/c1-18-10-5-8-3-4-17-13(9(8)6-11(10)19-2)12(7-15)20-14(17)16/h3,5-6,12,16H,4H2,1-2H3. The first-order chi connectivity index (χ1) is 9.69. The Hall–Kier alpha value is -2.13. The summed E-state index contributed by atoms with van der Waals surface area (Å²) in [6.07, 6.45) is 2.04. The molecule has 3 rings (SSSR count). The highest BCUT2D eigenvalue weighted by atomic mass is 32.2. The van der Waals surface area contributed by atoms with Gasteiger partial charge < -0.3 is 14.4 Å². The molecule has 5 nitrogen and oxygen atoms in total. The van der Waals surface area contributed by atoms with Crippen LogP contribution in [0.5, 0.6) is 11.5 Å². The van der Waals surface area contributed by atoms with Crippen molar-refractivity contribution < 1.29 is 9.47 Å². The fourth-order valence-corrected chi connectivity index (χ4v) is 3.45. The molecule has 0 bridgehead atoms. The SMILES string of the molecule is COc1cc2c(cc1OC)=C1C(C#N)SC(=N)N1CC=2. The lowest BCUT2D eigenvalue weighted by Crippen LogP contribution is -2.40. The van der Waals surface area contributed by atoms with Gasteiger partial charge in [-0.3, -0.25) is 5.41 Å². The van der Waals surface area contributed by atoms with Crippen molar-refractivity contribution in [2.45, 2.75) is 5.25 Å². The molecule has 1 aromatic rings. The molecule has 1 aromatic carbocycles. The Morgan fingerprint density at radius 3 is 2.70 bits per heavy atom. The molecular formula is C14H13N3O2S. The van der Waals surface area contributed by atoms with Gasteiger partial charge in [0.05, 0.1) is 26.0 Å². The normalized spacial score (nSPS) is 19.9. The summed E-state index contributed by atoms with van der Waals surface area (Å²) in [5.41, 5.74) is 0.876. The second kappa shape index (κ2) is 4.76. The number of ether oxygens (including phenoxy) is 2. The number of nitrogens with one attached hydrogen (secondary N) is 1. The van der Waals surface area contributed by atoms with Gasteiger partial charge >= 0.3 is 0 Å². The van der Waals surface area contributed by atoms with E-state index in [4.69, 9.17) is 14.9 Å². The average molecular weight is 287 g/mol. The molecule has 1 saturated heterocycles. The van der Waals surface area contributed by atoms with Crippen LogP contribution in [0, 0.1) is 16.7 Å². The van der Waals surface area contributed by atoms with E-state index in [0.717, 1.165) is 16.1 Å². The van der Waals surface area contributed by atoms with Crippen LogP contribution in [-0.2, 0) is 0 Å². The Morgan fingerprint density at radius 1 is 1.35 bits per heavy atom. The average Bonchev–Trinajstić information content (AvgIpc) is 2.82. The van der Waals surface area contributed by atoms with Crippen LogP contribution >= 0.6 is 11.8 Å². The largest absolute Gasteiger partial charge is 0.493 e. The number of fused-ring (bicyclic) bond motifs is 2. The molecule has 0 spiro atoms. The molecule has 0 saturated carbocycles. The minimum Gasteiger partial charge on any atom is -0.493 e. The molecule has 2 aliphatic heterocycles. The zero-order valence-corrected chi connectivity index (χ0v) is 12.0. The van der Waals surface area contributed by atoms with Gasteiger partial charge in [0, 0.05) is 11.8 Å². The molecule has 1 atom stereocenters. The summed E-state index contributed by atoms with van der Waals surface area (Å²) in [5, 5.41) is 19.3. The lowest BCUT2D eigenvalue weighted by Gasteiger charge is -2.21. The summed E-state index contributed by atoms with van der Waals surface area (Å²) in [4.78, 5) is 1.87. The van der Waals surface area contributed by atoms with Crippen molar-refractivity contribution in [1.29, 1.82) is 10.7 Å². The molecule has 0 aliphatic carbocycles. The minimum absolute atomic E-state index is 0.340. The van der Waals surface area contributed by atoms with Crippen molar-refractivity contribution in [3.63, 3.8) is 0 Å². The highest BCUT2D eigenvalue weighted by Crippen LogP contribution is 2.35. The molecule has 1 unspecified atom stereocenters. The number of rotatable bonds is 2. The van der Waals surface area contributed by atoms with Crippen molar-refractivity contribution in [3.05, 3.63) is 22.6 Å². The number of thioether (sulfide) groups is 1. The van der Waals surface area contributed by atoms with E-state index in [9.17, 15) is 5.26 Å². The van der Waals surface area contributed by atoms with Crippen molar-refractivity contribution in [3.8, 4) is 17.6 Å². The molecule has 0 amide bonds. The second-order valence-electron chi connectivity index (χ2n) is 4.43. The molecule has 2 aliphatic rings. The van der Waals surface area contributed by atoms with E-state index >= 15 is 0 Å². The number of hydrogen-bond acceptors (Lipinski definition) is 5. The molecule has 1 N–H and O–H groups in total. The van der Waals surface area contributed by atoms with Gasteiger partial charge in [0.25, 0.3) is 0 Å². The van der Waals surface area contributed by atoms with Crippen molar-refractivity contribution in [1.82, 2.24) is 4.90 Å². The molecule has 20 heavy (non-hydrogen) atoms.